The Balaban J connectivity index is 2.32. The predicted octanol–water partition coefficient (Wildman–Crippen LogP) is 3.49. The van der Waals surface area contributed by atoms with Crippen LogP contribution in [0.3, 0.4) is 0 Å². The Labute approximate surface area is 190 Å². The first-order valence-corrected chi connectivity index (χ1v) is 14.4. The van der Waals surface area contributed by atoms with Crippen molar-refractivity contribution in [1.29, 1.82) is 0 Å². The van der Waals surface area contributed by atoms with E-state index in [1.807, 2.05) is 31.1 Å². The zero-order valence-corrected chi connectivity index (χ0v) is 21.9. The van der Waals surface area contributed by atoms with E-state index in [2.05, 4.69) is 41.5 Å². The maximum atomic E-state index is 13.4. The number of aliphatic hydroxyl groups excluding tert-OH is 1. The second-order valence-corrected chi connectivity index (χ2v) is 16.9. The Kier molecular flexibility index (Phi) is 8.30. The molecular formula is C23H39NO5SSi. The summed E-state index contributed by atoms with van der Waals surface area (Å²) in [6.07, 6.45) is -1.36. The quantitative estimate of drug-likeness (QED) is 0.539. The highest BCUT2D eigenvalue weighted by molar-refractivity contribution is 7.86. The summed E-state index contributed by atoms with van der Waals surface area (Å²) in [6, 6.07) is 7.19. The van der Waals surface area contributed by atoms with Gasteiger partial charge in [-0.25, -0.2) is 0 Å². The van der Waals surface area contributed by atoms with Crippen LogP contribution in [0.15, 0.2) is 29.2 Å². The maximum Gasteiger partial charge on any atom is 0.200 e. The number of hydrogen-bond donors (Lipinski definition) is 2. The van der Waals surface area contributed by atoms with Crippen LogP contribution in [0.1, 0.15) is 48.0 Å². The van der Waals surface area contributed by atoms with Gasteiger partial charge >= 0.3 is 0 Å². The van der Waals surface area contributed by atoms with Gasteiger partial charge in [-0.05, 0) is 35.2 Å². The van der Waals surface area contributed by atoms with Crippen LogP contribution in [0.4, 0.5) is 5.69 Å². The highest BCUT2D eigenvalue weighted by Crippen LogP contribution is 2.44. The van der Waals surface area contributed by atoms with Crippen molar-refractivity contribution in [2.24, 2.45) is 0 Å². The van der Waals surface area contributed by atoms with Gasteiger partial charge in [0.25, 0.3) is 0 Å². The van der Waals surface area contributed by atoms with Crippen molar-refractivity contribution in [3.05, 3.63) is 24.3 Å². The molecule has 0 bridgehead atoms. The molecule has 1 aromatic rings. The Morgan fingerprint density at radius 1 is 1.13 bits per heavy atom. The van der Waals surface area contributed by atoms with Crippen LogP contribution in [0.25, 0.3) is 0 Å². The molecule has 0 aliphatic heterocycles. The van der Waals surface area contributed by atoms with E-state index in [1.165, 1.54) is 0 Å². The summed E-state index contributed by atoms with van der Waals surface area (Å²) < 4.78 is 19.8. The van der Waals surface area contributed by atoms with Gasteiger partial charge in [0.15, 0.2) is 19.7 Å². The van der Waals surface area contributed by atoms with Crippen molar-refractivity contribution in [2.45, 2.75) is 86.4 Å². The number of Topliss-reactive ketones (excluding diaryl/α,β-unsaturated/α-hetero) is 1. The molecule has 1 aliphatic carbocycles. The standard InChI is InChI=1S/C23H39NO5SSi/c1-15(2)31(16(3)4,17(5)6)29-14-23(27)21(25)13-20(22(23)26)30(28)19-12-10-9-11-18(19)24(7)8/h9-12,15-17,20-21,25,27H,13-14H2,1-8H3/t20-,21-,23-,30-/m0/s1. The molecular weight excluding hydrogens is 430 g/mol. The lowest BCUT2D eigenvalue weighted by molar-refractivity contribution is -0.146. The number of anilines is 1. The Hall–Kier alpha value is -1.06. The van der Waals surface area contributed by atoms with E-state index < -0.39 is 41.9 Å². The van der Waals surface area contributed by atoms with E-state index in [1.54, 1.807) is 12.1 Å². The Morgan fingerprint density at radius 3 is 2.13 bits per heavy atom. The first kappa shape index (κ1) is 26.2. The summed E-state index contributed by atoms with van der Waals surface area (Å²) in [4.78, 5) is 15.6. The van der Waals surface area contributed by atoms with Gasteiger partial charge in [-0.15, -0.1) is 0 Å². The van der Waals surface area contributed by atoms with Gasteiger partial charge in [0, 0.05) is 14.1 Å². The van der Waals surface area contributed by atoms with Crippen LogP contribution in [-0.2, 0) is 20.0 Å². The van der Waals surface area contributed by atoms with Crippen LogP contribution in [0.5, 0.6) is 0 Å². The van der Waals surface area contributed by atoms with Gasteiger partial charge in [0.1, 0.15) is 5.25 Å². The van der Waals surface area contributed by atoms with E-state index in [-0.39, 0.29) is 29.7 Å². The molecule has 2 N–H and O–H groups in total. The minimum Gasteiger partial charge on any atom is -0.413 e. The lowest BCUT2D eigenvalue weighted by Gasteiger charge is -2.43. The summed E-state index contributed by atoms with van der Waals surface area (Å²) in [5, 5.41) is 21.0. The molecule has 0 amide bonds. The SMILES string of the molecule is CC(C)[Si](OC[C@@]1(O)C(=O)[C@@H]([S@@](=O)c2ccccc2N(C)C)C[C@@H]1O)(C(C)C)C(C)C. The molecule has 1 saturated carbocycles. The van der Waals surface area contributed by atoms with Crippen molar-refractivity contribution >= 4 is 30.6 Å². The summed E-state index contributed by atoms with van der Waals surface area (Å²) in [5.74, 6) is -0.592. The molecule has 1 fully saturated rings. The fourth-order valence-corrected chi connectivity index (χ4v) is 12.4. The Bertz CT molecular complexity index is 791. The van der Waals surface area contributed by atoms with Gasteiger partial charge < -0.3 is 19.5 Å². The number of carbonyl (C=O) groups excluding carboxylic acids is 1. The van der Waals surface area contributed by atoms with E-state index >= 15 is 0 Å². The van der Waals surface area contributed by atoms with E-state index in [0.29, 0.717) is 4.90 Å². The number of aliphatic hydroxyl groups is 2. The third kappa shape index (κ3) is 4.69. The zero-order chi connectivity index (χ0) is 23.7. The van der Waals surface area contributed by atoms with Gasteiger partial charge in [-0.2, -0.15) is 0 Å². The van der Waals surface area contributed by atoms with E-state index in [9.17, 15) is 19.2 Å². The van der Waals surface area contributed by atoms with Gasteiger partial charge in [-0.1, -0.05) is 53.7 Å². The van der Waals surface area contributed by atoms with Crippen molar-refractivity contribution in [1.82, 2.24) is 0 Å². The van der Waals surface area contributed by atoms with Crippen molar-refractivity contribution < 1.29 is 23.6 Å². The topological polar surface area (TPSA) is 87.1 Å². The monoisotopic (exact) mass is 469 g/mol. The molecule has 8 heteroatoms. The lowest BCUT2D eigenvalue weighted by Crippen LogP contribution is -2.56. The normalized spacial score (nSPS) is 25.6. The number of benzene rings is 1. The molecule has 1 aromatic carbocycles. The molecule has 0 heterocycles. The fraction of sp³-hybridized carbons (Fsp3) is 0.696. The Morgan fingerprint density at radius 2 is 1.65 bits per heavy atom. The van der Waals surface area contributed by atoms with Crippen LogP contribution in [0.2, 0.25) is 16.6 Å². The number of hydrogen-bond acceptors (Lipinski definition) is 6. The molecule has 0 unspecified atom stereocenters. The molecule has 0 aromatic heterocycles. The van der Waals surface area contributed by atoms with Crippen LogP contribution in [-0.4, -0.2) is 66.2 Å². The smallest absolute Gasteiger partial charge is 0.200 e. The van der Waals surface area contributed by atoms with E-state index in [4.69, 9.17) is 4.43 Å². The highest BCUT2D eigenvalue weighted by atomic mass is 32.2. The molecule has 2 rings (SSSR count). The van der Waals surface area contributed by atoms with E-state index in [0.717, 1.165) is 5.69 Å². The molecule has 0 spiro atoms. The number of para-hydroxylation sites is 1. The fourth-order valence-electron chi connectivity index (χ4n) is 5.18. The van der Waals surface area contributed by atoms with Gasteiger partial charge in [0.05, 0.1) is 34.1 Å². The first-order valence-electron chi connectivity index (χ1n) is 11.1. The largest absolute Gasteiger partial charge is 0.413 e. The molecule has 31 heavy (non-hydrogen) atoms. The minimum atomic E-state index is -2.34. The summed E-state index contributed by atoms with van der Waals surface area (Å²) in [7, 11) is -0.346. The molecule has 1 aliphatic rings. The average Bonchev–Trinajstić information content (AvgIpc) is 2.91. The average molecular weight is 470 g/mol. The number of rotatable bonds is 9. The lowest BCUT2D eigenvalue weighted by atomic mass is 10.0. The second-order valence-electron chi connectivity index (χ2n) is 9.79. The van der Waals surface area contributed by atoms with Crippen LogP contribution < -0.4 is 4.90 Å². The molecule has 0 saturated heterocycles. The van der Waals surface area contributed by atoms with Crippen molar-refractivity contribution in [3.63, 3.8) is 0 Å². The maximum absolute atomic E-state index is 13.4. The van der Waals surface area contributed by atoms with Gasteiger partial charge in [0.2, 0.25) is 0 Å². The van der Waals surface area contributed by atoms with Gasteiger partial charge in [-0.3, -0.25) is 9.00 Å². The summed E-state index contributed by atoms with van der Waals surface area (Å²) >= 11 is 0. The second kappa shape index (κ2) is 9.83. The molecule has 6 nitrogen and oxygen atoms in total. The third-order valence-electron chi connectivity index (χ3n) is 6.78. The van der Waals surface area contributed by atoms with Crippen molar-refractivity contribution in [2.75, 3.05) is 25.6 Å². The van der Waals surface area contributed by atoms with Crippen molar-refractivity contribution in [3.8, 4) is 0 Å². The number of nitrogens with zero attached hydrogens (tertiary/aromatic N) is 1. The third-order valence-corrected chi connectivity index (χ3v) is 14.5. The summed E-state index contributed by atoms with van der Waals surface area (Å²) in [5.41, 5.74) is -0.449. The summed E-state index contributed by atoms with van der Waals surface area (Å²) in [6.45, 7) is 12.5. The van der Waals surface area contributed by atoms with Crippen LogP contribution >= 0.6 is 0 Å². The first-order chi connectivity index (χ1) is 14.3. The van der Waals surface area contributed by atoms with Crippen LogP contribution in [0, 0.1) is 0 Å². The number of ketones is 1. The molecule has 0 radical (unpaired) electrons. The number of carbonyl (C=O) groups is 1. The highest BCUT2D eigenvalue weighted by Gasteiger charge is 2.57. The predicted molar refractivity (Wildman–Crippen MR) is 129 cm³/mol. The zero-order valence-electron chi connectivity index (χ0n) is 20.1. The molecule has 4 atom stereocenters. The minimum absolute atomic E-state index is 0.0489. The molecule has 176 valence electrons.